The molecule has 138 valence electrons. The number of benzene rings is 1. The zero-order valence-corrected chi connectivity index (χ0v) is 14.6. The summed E-state index contributed by atoms with van der Waals surface area (Å²) in [5, 5.41) is 17.2. The highest BCUT2D eigenvalue weighted by atomic mass is 16.5. The number of rotatable bonds is 5. The number of anilines is 1. The van der Waals surface area contributed by atoms with E-state index >= 15 is 0 Å². The number of carbonyl (C=O) groups excluding carboxylic acids is 2. The summed E-state index contributed by atoms with van der Waals surface area (Å²) in [6.07, 6.45) is 5.70. The average Bonchev–Trinajstić information content (AvgIpc) is 3.10. The minimum Gasteiger partial charge on any atom is -0.424 e. The minimum atomic E-state index is -0.452. The first-order chi connectivity index (χ1) is 12.6. The monoisotopic (exact) mass is 358 g/mol. The molecule has 1 aliphatic carbocycles. The molecule has 1 saturated carbocycles. The average molecular weight is 358 g/mol. The van der Waals surface area contributed by atoms with Crippen molar-refractivity contribution in [1.82, 2.24) is 25.5 Å². The number of hydrogen-bond donors (Lipinski definition) is 2. The second-order valence-corrected chi connectivity index (χ2v) is 6.23. The van der Waals surface area contributed by atoms with Crippen LogP contribution < -0.4 is 15.4 Å². The molecule has 0 radical (unpaired) electrons. The van der Waals surface area contributed by atoms with Crippen molar-refractivity contribution in [2.24, 2.45) is 0 Å². The predicted octanol–water partition coefficient (Wildman–Crippen LogP) is 2.43. The number of carbonyl (C=O) groups is 2. The Morgan fingerprint density at radius 2 is 2.00 bits per heavy atom. The first-order valence-electron chi connectivity index (χ1n) is 8.72. The summed E-state index contributed by atoms with van der Waals surface area (Å²) in [5.41, 5.74) is 0.409. The van der Waals surface area contributed by atoms with E-state index in [0.29, 0.717) is 23.3 Å². The Bertz CT molecular complexity index is 769. The van der Waals surface area contributed by atoms with Gasteiger partial charge in [-0.15, -0.1) is 5.10 Å². The molecule has 0 unspecified atom stereocenters. The lowest BCUT2D eigenvalue weighted by Crippen LogP contribution is -2.30. The normalized spacial score (nSPS) is 14.7. The zero-order valence-electron chi connectivity index (χ0n) is 14.6. The topological polar surface area (TPSA) is 111 Å². The highest BCUT2D eigenvalue weighted by molar-refractivity contribution is 5.91. The van der Waals surface area contributed by atoms with Crippen LogP contribution in [0.2, 0.25) is 0 Å². The lowest BCUT2D eigenvalue weighted by molar-refractivity contribution is -0.131. The molecular weight excluding hydrogens is 336 g/mol. The summed E-state index contributed by atoms with van der Waals surface area (Å²) in [5.74, 6) is 0.467. The summed E-state index contributed by atoms with van der Waals surface area (Å²) in [6, 6.07) is 6.60. The molecule has 0 bridgehead atoms. The number of ether oxygens (including phenoxy) is 1. The molecule has 0 aliphatic heterocycles. The van der Waals surface area contributed by atoms with Crippen molar-refractivity contribution in [2.45, 2.75) is 51.6 Å². The van der Waals surface area contributed by atoms with Crippen LogP contribution in [0.5, 0.6) is 5.75 Å². The fraction of sp³-hybridized carbons (Fsp3) is 0.471. The molecular formula is C17H22N6O3. The Hall–Kier alpha value is -2.97. The Morgan fingerprint density at radius 3 is 2.77 bits per heavy atom. The summed E-state index contributed by atoms with van der Waals surface area (Å²) >= 11 is 0. The Balaban J connectivity index is 1.59. The number of nitrogens with zero attached hydrogens (tertiary/aromatic N) is 4. The van der Waals surface area contributed by atoms with Crippen LogP contribution in [-0.2, 0) is 11.3 Å². The van der Waals surface area contributed by atoms with Crippen LogP contribution in [0.25, 0.3) is 0 Å². The standard InChI is InChI=1S/C17H22N6O3/c1-12(24)26-15-10-6-5-9-14(15)19-17(25)18-11-16-20-21-22-23(16)13-7-3-2-4-8-13/h5-6,9-10,13H,2-4,7-8,11H2,1H3,(H2,18,19,25). The molecule has 0 saturated heterocycles. The third-order valence-electron chi connectivity index (χ3n) is 4.28. The lowest BCUT2D eigenvalue weighted by atomic mass is 9.96. The van der Waals surface area contributed by atoms with Crippen molar-refractivity contribution in [3.8, 4) is 5.75 Å². The number of esters is 1. The maximum atomic E-state index is 12.2. The third-order valence-corrected chi connectivity index (χ3v) is 4.28. The highest BCUT2D eigenvalue weighted by Gasteiger charge is 2.20. The molecule has 1 aliphatic rings. The van der Waals surface area contributed by atoms with Crippen LogP contribution >= 0.6 is 0 Å². The van der Waals surface area contributed by atoms with Crippen molar-refractivity contribution in [1.29, 1.82) is 0 Å². The Kier molecular flexibility index (Phi) is 5.77. The fourth-order valence-corrected chi connectivity index (χ4v) is 3.08. The smallest absolute Gasteiger partial charge is 0.319 e. The largest absolute Gasteiger partial charge is 0.424 e. The van der Waals surface area contributed by atoms with Gasteiger partial charge in [0, 0.05) is 6.92 Å². The van der Waals surface area contributed by atoms with E-state index in [-0.39, 0.29) is 6.54 Å². The highest BCUT2D eigenvalue weighted by Crippen LogP contribution is 2.27. The molecule has 1 fully saturated rings. The van der Waals surface area contributed by atoms with Gasteiger partial charge >= 0.3 is 12.0 Å². The molecule has 0 atom stereocenters. The van der Waals surface area contributed by atoms with Crippen LogP contribution in [0.1, 0.15) is 50.9 Å². The van der Waals surface area contributed by atoms with Gasteiger partial charge in [-0.2, -0.15) is 0 Å². The molecule has 1 aromatic carbocycles. The van der Waals surface area contributed by atoms with E-state index in [1.54, 1.807) is 24.3 Å². The number of tetrazole rings is 1. The molecule has 1 heterocycles. The van der Waals surface area contributed by atoms with E-state index in [2.05, 4.69) is 26.2 Å². The van der Waals surface area contributed by atoms with E-state index in [0.717, 1.165) is 12.8 Å². The van der Waals surface area contributed by atoms with Gasteiger partial charge in [0.1, 0.15) is 0 Å². The number of para-hydroxylation sites is 2. The summed E-state index contributed by atoms with van der Waals surface area (Å²) in [4.78, 5) is 23.3. The van der Waals surface area contributed by atoms with Gasteiger partial charge in [-0.25, -0.2) is 9.48 Å². The van der Waals surface area contributed by atoms with Gasteiger partial charge in [-0.1, -0.05) is 31.4 Å². The molecule has 0 spiro atoms. The zero-order chi connectivity index (χ0) is 18.4. The van der Waals surface area contributed by atoms with Crippen LogP contribution in [0.4, 0.5) is 10.5 Å². The van der Waals surface area contributed by atoms with Crippen LogP contribution in [-0.4, -0.2) is 32.2 Å². The molecule has 9 heteroatoms. The molecule has 26 heavy (non-hydrogen) atoms. The Morgan fingerprint density at radius 1 is 1.23 bits per heavy atom. The van der Waals surface area contributed by atoms with Gasteiger partial charge < -0.3 is 15.4 Å². The predicted molar refractivity (Wildman–Crippen MR) is 93.5 cm³/mol. The third kappa shape index (κ3) is 4.56. The van der Waals surface area contributed by atoms with Crippen LogP contribution in [0.3, 0.4) is 0 Å². The fourth-order valence-electron chi connectivity index (χ4n) is 3.08. The van der Waals surface area contributed by atoms with Crippen LogP contribution in [0.15, 0.2) is 24.3 Å². The number of aromatic nitrogens is 4. The van der Waals surface area contributed by atoms with Gasteiger partial charge in [0.2, 0.25) is 0 Å². The number of urea groups is 1. The number of nitrogens with one attached hydrogen (secondary N) is 2. The number of amides is 2. The van der Waals surface area contributed by atoms with Crippen molar-refractivity contribution >= 4 is 17.7 Å². The van der Waals surface area contributed by atoms with E-state index in [4.69, 9.17) is 4.74 Å². The SMILES string of the molecule is CC(=O)Oc1ccccc1NC(=O)NCc1nnnn1C1CCCCC1. The maximum Gasteiger partial charge on any atom is 0.319 e. The first-order valence-corrected chi connectivity index (χ1v) is 8.72. The molecule has 2 aromatic rings. The van der Waals surface area contributed by atoms with Crippen molar-refractivity contribution < 1.29 is 14.3 Å². The molecule has 2 amide bonds. The summed E-state index contributed by atoms with van der Waals surface area (Å²) < 4.78 is 6.89. The second-order valence-electron chi connectivity index (χ2n) is 6.23. The lowest BCUT2D eigenvalue weighted by Gasteiger charge is -2.22. The summed E-state index contributed by atoms with van der Waals surface area (Å²) in [7, 11) is 0. The molecule has 1 aromatic heterocycles. The molecule has 3 rings (SSSR count). The van der Waals surface area contributed by atoms with Gasteiger partial charge in [0.25, 0.3) is 0 Å². The van der Waals surface area contributed by atoms with E-state index in [9.17, 15) is 9.59 Å². The van der Waals surface area contributed by atoms with E-state index in [1.807, 2.05) is 4.68 Å². The maximum absolute atomic E-state index is 12.2. The van der Waals surface area contributed by atoms with Gasteiger partial charge in [0.15, 0.2) is 11.6 Å². The van der Waals surface area contributed by atoms with Crippen molar-refractivity contribution in [3.63, 3.8) is 0 Å². The molecule has 2 N–H and O–H groups in total. The van der Waals surface area contributed by atoms with Crippen LogP contribution in [0, 0.1) is 0 Å². The summed E-state index contributed by atoms with van der Waals surface area (Å²) in [6.45, 7) is 1.52. The number of hydrogen-bond acceptors (Lipinski definition) is 6. The van der Waals surface area contributed by atoms with Crippen molar-refractivity contribution in [2.75, 3.05) is 5.32 Å². The second kappa shape index (κ2) is 8.41. The van der Waals surface area contributed by atoms with Gasteiger partial charge in [-0.05, 0) is 35.4 Å². The van der Waals surface area contributed by atoms with Crippen molar-refractivity contribution in [3.05, 3.63) is 30.1 Å². The van der Waals surface area contributed by atoms with Gasteiger partial charge in [-0.3, -0.25) is 4.79 Å². The molecule has 9 nitrogen and oxygen atoms in total. The van der Waals surface area contributed by atoms with E-state index in [1.165, 1.54) is 26.2 Å². The van der Waals surface area contributed by atoms with E-state index < -0.39 is 12.0 Å². The van der Waals surface area contributed by atoms with Gasteiger partial charge in [0.05, 0.1) is 18.3 Å². The first kappa shape index (κ1) is 17.8. The minimum absolute atomic E-state index is 0.213. The quantitative estimate of drug-likeness (QED) is 0.627. The Labute approximate surface area is 151 Å².